The van der Waals surface area contributed by atoms with E-state index in [0.29, 0.717) is 6.42 Å². The van der Waals surface area contributed by atoms with Crippen LogP contribution in [0, 0.1) is 0 Å². The third kappa shape index (κ3) is 2.12. The van der Waals surface area contributed by atoms with E-state index in [1.807, 2.05) is 20.8 Å². The SMILES string of the molecule is CCCNC1CC(=O)N(C(C)C)C1=O. The molecule has 1 aliphatic heterocycles. The standard InChI is InChI=1S/C10H18N2O2/c1-4-5-11-8-6-9(13)12(7(2)3)10(8)14/h7-8,11H,4-6H2,1-3H3. The first kappa shape index (κ1) is 11.2. The summed E-state index contributed by atoms with van der Waals surface area (Å²) in [7, 11) is 0. The summed E-state index contributed by atoms with van der Waals surface area (Å²) in [6, 6.07) is -0.312. The average Bonchev–Trinajstić information content (AvgIpc) is 2.38. The summed E-state index contributed by atoms with van der Waals surface area (Å²) in [5.74, 6) is -0.128. The van der Waals surface area contributed by atoms with Crippen molar-refractivity contribution < 1.29 is 9.59 Å². The topological polar surface area (TPSA) is 49.4 Å². The highest BCUT2D eigenvalue weighted by Crippen LogP contribution is 2.15. The second kappa shape index (κ2) is 4.55. The predicted octanol–water partition coefficient (Wildman–Crippen LogP) is 0.522. The van der Waals surface area contributed by atoms with Gasteiger partial charge in [0.05, 0.1) is 12.5 Å². The normalized spacial score (nSPS) is 22.6. The van der Waals surface area contributed by atoms with Gasteiger partial charge in [0.25, 0.3) is 0 Å². The van der Waals surface area contributed by atoms with Crippen molar-refractivity contribution in [1.82, 2.24) is 10.2 Å². The van der Waals surface area contributed by atoms with Gasteiger partial charge in [-0.1, -0.05) is 6.92 Å². The molecule has 1 saturated heterocycles. The zero-order valence-electron chi connectivity index (χ0n) is 9.04. The first-order valence-electron chi connectivity index (χ1n) is 5.17. The number of carbonyl (C=O) groups excluding carboxylic acids is 2. The van der Waals surface area contributed by atoms with E-state index in [0.717, 1.165) is 13.0 Å². The number of hydrogen-bond donors (Lipinski definition) is 1. The molecule has 80 valence electrons. The van der Waals surface area contributed by atoms with Crippen molar-refractivity contribution in [2.24, 2.45) is 0 Å². The summed E-state index contributed by atoms with van der Waals surface area (Å²) in [4.78, 5) is 24.5. The molecule has 0 bridgehead atoms. The molecule has 0 aromatic carbocycles. The molecule has 14 heavy (non-hydrogen) atoms. The van der Waals surface area contributed by atoms with E-state index in [-0.39, 0.29) is 23.9 Å². The zero-order chi connectivity index (χ0) is 10.7. The van der Waals surface area contributed by atoms with Crippen LogP contribution in [-0.2, 0) is 9.59 Å². The van der Waals surface area contributed by atoms with Gasteiger partial charge in [0.15, 0.2) is 0 Å². The average molecular weight is 198 g/mol. The van der Waals surface area contributed by atoms with E-state index >= 15 is 0 Å². The number of rotatable bonds is 4. The number of imide groups is 1. The van der Waals surface area contributed by atoms with E-state index < -0.39 is 0 Å². The minimum atomic E-state index is -0.287. The molecular weight excluding hydrogens is 180 g/mol. The lowest BCUT2D eigenvalue weighted by atomic mass is 10.2. The Morgan fingerprint density at radius 1 is 1.50 bits per heavy atom. The van der Waals surface area contributed by atoms with Gasteiger partial charge in [0, 0.05) is 6.04 Å². The number of likely N-dealkylation sites (tertiary alicyclic amines) is 1. The lowest BCUT2D eigenvalue weighted by Gasteiger charge is -2.19. The van der Waals surface area contributed by atoms with Crippen LogP contribution in [0.3, 0.4) is 0 Å². The van der Waals surface area contributed by atoms with Gasteiger partial charge in [-0.2, -0.15) is 0 Å². The van der Waals surface area contributed by atoms with Crippen LogP contribution < -0.4 is 5.32 Å². The van der Waals surface area contributed by atoms with E-state index in [1.54, 1.807) is 0 Å². The van der Waals surface area contributed by atoms with Gasteiger partial charge in [0.2, 0.25) is 11.8 Å². The van der Waals surface area contributed by atoms with Crippen molar-refractivity contribution in [3.05, 3.63) is 0 Å². The minimum absolute atomic E-state index is 0.0246. The Bertz CT molecular complexity index is 238. The number of amides is 2. The van der Waals surface area contributed by atoms with Crippen LogP contribution >= 0.6 is 0 Å². The summed E-state index contributed by atoms with van der Waals surface area (Å²) in [6.07, 6.45) is 1.29. The molecule has 2 amide bonds. The lowest BCUT2D eigenvalue weighted by Crippen LogP contribution is -2.42. The van der Waals surface area contributed by atoms with Gasteiger partial charge < -0.3 is 5.32 Å². The molecule has 1 rings (SSSR count). The van der Waals surface area contributed by atoms with Gasteiger partial charge in [-0.05, 0) is 26.8 Å². The summed E-state index contributed by atoms with van der Waals surface area (Å²) in [6.45, 7) is 6.54. The molecule has 1 unspecified atom stereocenters. The number of nitrogens with zero attached hydrogens (tertiary/aromatic N) is 1. The third-order valence-electron chi connectivity index (χ3n) is 2.34. The number of carbonyl (C=O) groups is 2. The van der Waals surface area contributed by atoms with Gasteiger partial charge in [0.1, 0.15) is 0 Å². The van der Waals surface area contributed by atoms with E-state index in [9.17, 15) is 9.59 Å². The van der Waals surface area contributed by atoms with E-state index in [1.165, 1.54) is 4.90 Å². The molecule has 0 aromatic rings. The van der Waals surface area contributed by atoms with Crippen LogP contribution in [0.25, 0.3) is 0 Å². The van der Waals surface area contributed by atoms with Crippen molar-refractivity contribution in [3.63, 3.8) is 0 Å². The highest BCUT2D eigenvalue weighted by atomic mass is 16.2. The van der Waals surface area contributed by atoms with Gasteiger partial charge in [-0.25, -0.2) is 0 Å². The second-order valence-corrected chi connectivity index (χ2v) is 3.91. The third-order valence-corrected chi connectivity index (χ3v) is 2.34. The molecule has 1 fully saturated rings. The van der Waals surface area contributed by atoms with Crippen molar-refractivity contribution >= 4 is 11.8 Å². The molecule has 1 N–H and O–H groups in total. The molecule has 1 aliphatic rings. The fraction of sp³-hybridized carbons (Fsp3) is 0.800. The van der Waals surface area contributed by atoms with Crippen molar-refractivity contribution in [2.75, 3.05) is 6.54 Å². The molecule has 0 saturated carbocycles. The Morgan fingerprint density at radius 2 is 2.14 bits per heavy atom. The van der Waals surface area contributed by atoms with Crippen molar-refractivity contribution in [1.29, 1.82) is 0 Å². The molecule has 4 heteroatoms. The van der Waals surface area contributed by atoms with Crippen LogP contribution in [0.2, 0.25) is 0 Å². The maximum Gasteiger partial charge on any atom is 0.247 e. The monoisotopic (exact) mass is 198 g/mol. The van der Waals surface area contributed by atoms with Crippen LogP contribution in [0.5, 0.6) is 0 Å². The second-order valence-electron chi connectivity index (χ2n) is 3.91. The quantitative estimate of drug-likeness (QED) is 0.670. The Labute approximate surface area is 84.7 Å². The summed E-state index contributed by atoms with van der Waals surface area (Å²) >= 11 is 0. The molecule has 0 aromatic heterocycles. The fourth-order valence-electron chi connectivity index (χ4n) is 1.67. The van der Waals surface area contributed by atoms with Gasteiger partial charge >= 0.3 is 0 Å². The first-order valence-corrected chi connectivity index (χ1v) is 5.17. The molecule has 1 heterocycles. The smallest absolute Gasteiger partial charge is 0.247 e. The van der Waals surface area contributed by atoms with E-state index in [2.05, 4.69) is 5.32 Å². The van der Waals surface area contributed by atoms with Crippen LogP contribution in [0.4, 0.5) is 0 Å². The molecule has 0 aliphatic carbocycles. The zero-order valence-corrected chi connectivity index (χ0v) is 9.04. The van der Waals surface area contributed by atoms with Gasteiger partial charge in [-0.3, -0.25) is 14.5 Å². The maximum atomic E-state index is 11.7. The summed E-state index contributed by atoms with van der Waals surface area (Å²) in [5, 5.41) is 3.08. The Morgan fingerprint density at radius 3 is 2.57 bits per heavy atom. The van der Waals surface area contributed by atoms with Crippen LogP contribution in [0.15, 0.2) is 0 Å². The predicted molar refractivity (Wildman–Crippen MR) is 53.7 cm³/mol. The fourth-order valence-corrected chi connectivity index (χ4v) is 1.67. The van der Waals surface area contributed by atoms with Crippen molar-refractivity contribution in [3.8, 4) is 0 Å². The Kier molecular flexibility index (Phi) is 3.63. The Balaban J connectivity index is 2.60. The minimum Gasteiger partial charge on any atom is -0.305 e. The van der Waals surface area contributed by atoms with E-state index in [4.69, 9.17) is 0 Å². The molecule has 1 atom stereocenters. The Hall–Kier alpha value is -0.900. The highest BCUT2D eigenvalue weighted by molar-refractivity contribution is 6.05. The van der Waals surface area contributed by atoms with Gasteiger partial charge in [-0.15, -0.1) is 0 Å². The number of nitrogens with one attached hydrogen (secondary N) is 1. The van der Waals surface area contributed by atoms with Crippen LogP contribution in [0.1, 0.15) is 33.6 Å². The lowest BCUT2D eigenvalue weighted by molar-refractivity contribution is -0.140. The number of hydrogen-bond acceptors (Lipinski definition) is 3. The maximum absolute atomic E-state index is 11.7. The molecule has 4 nitrogen and oxygen atoms in total. The molecular formula is C10H18N2O2. The largest absolute Gasteiger partial charge is 0.305 e. The molecule has 0 spiro atoms. The summed E-state index contributed by atoms with van der Waals surface area (Å²) < 4.78 is 0. The van der Waals surface area contributed by atoms with Crippen molar-refractivity contribution in [2.45, 2.75) is 45.7 Å². The first-order chi connectivity index (χ1) is 6.57. The highest BCUT2D eigenvalue weighted by Gasteiger charge is 2.39. The van der Waals surface area contributed by atoms with Crippen LogP contribution in [-0.4, -0.2) is 35.3 Å². The summed E-state index contributed by atoms with van der Waals surface area (Å²) in [5.41, 5.74) is 0. The molecule has 0 radical (unpaired) electrons.